The molecule has 0 aromatic heterocycles. The maximum atomic E-state index is 10.8. The Hall–Kier alpha value is -0.420. The van der Waals surface area contributed by atoms with Crippen molar-refractivity contribution >= 4 is 15.9 Å². The van der Waals surface area contributed by atoms with Crippen molar-refractivity contribution in [2.75, 3.05) is 19.8 Å². The summed E-state index contributed by atoms with van der Waals surface area (Å²) in [5.74, 6) is 0.259. The molecular formula is C17H23BrO3. The van der Waals surface area contributed by atoms with Gasteiger partial charge < -0.3 is 14.6 Å². The van der Waals surface area contributed by atoms with E-state index in [1.807, 2.05) is 12.1 Å². The number of rotatable bonds is 2. The van der Waals surface area contributed by atoms with Crippen molar-refractivity contribution in [1.29, 1.82) is 0 Å². The molecule has 2 unspecified atom stereocenters. The van der Waals surface area contributed by atoms with Crippen LogP contribution in [0.3, 0.4) is 0 Å². The van der Waals surface area contributed by atoms with Crippen LogP contribution in [0.5, 0.6) is 0 Å². The summed E-state index contributed by atoms with van der Waals surface area (Å²) in [6, 6.07) is 6.10. The van der Waals surface area contributed by atoms with Crippen LogP contribution >= 0.6 is 15.9 Å². The average Bonchev–Trinajstić information content (AvgIpc) is 2.50. The van der Waals surface area contributed by atoms with E-state index >= 15 is 0 Å². The first-order chi connectivity index (χ1) is 10.1. The summed E-state index contributed by atoms with van der Waals surface area (Å²) < 4.78 is 12.6. The summed E-state index contributed by atoms with van der Waals surface area (Å²) in [6.07, 6.45) is 3.32. The lowest BCUT2D eigenvalue weighted by atomic mass is 9.77. The minimum Gasteiger partial charge on any atom is -0.388 e. The fraction of sp³-hybridized carbons (Fsp3) is 0.647. The van der Waals surface area contributed by atoms with Gasteiger partial charge in [0.15, 0.2) is 0 Å². The van der Waals surface area contributed by atoms with Gasteiger partial charge in [0.25, 0.3) is 0 Å². The fourth-order valence-corrected chi connectivity index (χ4v) is 4.08. The topological polar surface area (TPSA) is 38.7 Å². The van der Waals surface area contributed by atoms with E-state index in [4.69, 9.17) is 9.47 Å². The maximum Gasteiger partial charge on any atom is 0.0831 e. The Kier molecular flexibility index (Phi) is 4.69. The molecular weight excluding hydrogens is 332 g/mol. The van der Waals surface area contributed by atoms with E-state index in [0.29, 0.717) is 0 Å². The third kappa shape index (κ3) is 3.19. The molecule has 1 aromatic carbocycles. The molecule has 0 amide bonds. The Balaban J connectivity index is 1.78. The normalized spacial score (nSPS) is 26.7. The number of hydrogen-bond donors (Lipinski definition) is 1. The molecule has 2 atom stereocenters. The number of ether oxygens (including phenoxy) is 2. The van der Waals surface area contributed by atoms with E-state index in [1.165, 1.54) is 5.56 Å². The molecule has 21 heavy (non-hydrogen) atoms. The lowest BCUT2D eigenvalue weighted by Crippen LogP contribution is -2.45. The molecule has 3 rings (SSSR count). The number of aliphatic hydroxyl groups excluding tert-OH is 1. The van der Waals surface area contributed by atoms with Crippen molar-refractivity contribution in [1.82, 2.24) is 0 Å². The molecule has 2 saturated heterocycles. The van der Waals surface area contributed by atoms with Crippen LogP contribution in [-0.4, -0.2) is 30.5 Å². The van der Waals surface area contributed by atoms with Gasteiger partial charge in [-0.05, 0) is 49.7 Å². The Labute approximate surface area is 134 Å². The van der Waals surface area contributed by atoms with Gasteiger partial charge >= 0.3 is 0 Å². The summed E-state index contributed by atoms with van der Waals surface area (Å²) in [5.41, 5.74) is 2.10. The molecule has 0 radical (unpaired) electrons. The van der Waals surface area contributed by atoms with Crippen molar-refractivity contribution < 1.29 is 14.6 Å². The first-order valence-corrected chi connectivity index (χ1v) is 8.55. The molecule has 1 N–H and O–H groups in total. The molecule has 2 heterocycles. The predicted molar refractivity (Wildman–Crippen MR) is 85.3 cm³/mol. The lowest BCUT2D eigenvalue weighted by molar-refractivity contribution is -0.159. The van der Waals surface area contributed by atoms with E-state index in [-0.39, 0.29) is 11.5 Å². The molecule has 0 aliphatic carbocycles. The smallest absolute Gasteiger partial charge is 0.0831 e. The summed E-state index contributed by atoms with van der Waals surface area (Å²) >= 11 is 3.62. The van der Waals surface area contributed by atoms with E-state index < -0.39 is 6.10 Å². The summed E-state index contributed by atoms with van der Waals surface area (Å²) in [6.45, 7) is 4.35. The Bertz CT molecular complexity index is 491. The van der Waals surface area contributed by atoms with Gasteiger partial charge in [0, 0.05) is 24.3 Å². The number of hydrogen-bond acceptors (Lipinski definition) is 3. The van der Waals surface area contributed by atoms with Crippen LogP contribution < -0.4 is 0 Å². The largest absolute Gasteiger partial charge is 0.388 e. The first kappa shape index (κ1) is 15.5. The zero-order chi connectivity index (χ0) is 14.9. The predicted octanol–water partition coefficient (Wildman–Crippen LogP) is 3.77. The van der Waals surface area contributed by atoms with Crippen LogP contribution in [0, 0.1) is 12.8 Å². The lowest BCUT2D eigenvalue weighted by Gasteiger charge is -2.44. The number of benzene rings is 1. The van der Waals surface area contributed by atoms with Crippen molar-refractivity contribution in [3.8, 4) is 0 Å². The van der Waals surface area contributed by atoms with Crippen LogP contribution in [0.15, 0.2) is 22.7 Å². The van der Waals surface area contributed by atoms with E-state index in [9.17, 15) is 5.11 Å². The first-order valence-electron chi connectivity index (χ1n) is 7.76. The number of aliphatic hydroxyl groups is 1. The van der Waals surface area contributed by atoms with Crippen molar-refractivity contribution in [2.45, 2.75) is 44.3 Å². The maximum absolute atomic E-state index is 10.8. The fourth-order valence-electron chi connectivity index (χ4n) is 3.58. The quantitative estimate of drug-likeness (QED) is 0.878. The zero-order valence-corrected chi connectivity index (χ0v) is 14.1. The molecule has 1 aromatic rings. The van der Waals surface area contributed by atoms with Crippen molar-refractivity contribution in [3.63, 3.8) is 0 Å². The second kappa shape index (κ2) is 6.37. The standard InChI is InChI=1S/C17H23BrO3/c1-12-3-2-4-14(15(12)18)16(19)13-5-8-21-17(11-13)6-9-20-10-7-17/h2-4,13,16,19H,5-11H2,1H3. The summed E-state index contributed by atoms with van der Waals surface area (Å²) in [7, 11) is 0. The van der Waals surface area contributed by atoms with Gasteiger partial charge in [-0.2, -0.15) is 0 Å². The van der Waals surface area contributed by atoms with Crippen LogP contribution in [-0.2, 0) is 9.47 Å². The molecule has 3 nitrogen and oxygen atoms in total. The van der Waals surface area contributed by atoms with Gasteiger partial charge in [-0.15, -0.1) is 0 Å². The van der Waals surface area contributed by atoms with E-state index in [0.717, 1.165) is 55.5 Å². The van der Waals surface area contributed by atoms with Gasteiger partial charge in [0.2, 0.25) is 0 Å². The molecule has 1 spiro atoms. The minimum atomic E-state index is -0.428. The van der Waals surface area contributed by atoms with Crippen LogP contribution in [0.4, 0.5) is 0 Å². The Morgan fingerprint density at radius 1 is 1.29 bits per heavy atom. The average molecular weight is 355 g/mol. The van der Waals surface area contributed by atoms with Crippen LogP contribution in [0.1, 0.15) is 42.9 Å². The highest BCUT2D eigenvalue weighted by atomic mass is 79.9. The number of halogens is 1. The van der Waals surface area contributed by atoms with Crippen molar-refractivity contribution in [3.05, 3.63) is 33.8 Å². The van der Waals surface area contributed by atoms with Gasteiger partial charge in [0.1, 0.15) is 0 Å². The molecule has 2 aliphatic heterocycles. The van der Waals surface area contributed by atoms with Gasteiger partial charge in [-0.3, -0.25) is 0 Å². The molecule has 2 fully saturated rings. The van der Waals surface area contributed by atoms with Crippen LogP contribution in [0.2, 0.25) is 0 Å². The molecule has 0 saturated carbocycles. The summed E-state index contributed by atoms with van der Waals surface area (Å²) in [4.78, 5) is 0. The Morgan fingerprint density at radius 2 is 2.05 bits per heavy atom. The molecule has 2 aliphatic rings. The third-order valence-corrected chi connectivity index (χ3v) is 6.01. The number of aryl methyl sites for hydroxylation is 1. The highest BCUT2D eigenvalue weighted by Gasteiger charge is 2.41. The molecule has 116 valence electrons. The highest BCUT2D eigenvalue weighted by molar-refractivity contribution is 9.10. The van der Waals surface area contributed by atoms with E-state index in [2.05, 4.69) is 28.9 Å². The van der Waals surface area contributed by atoms with Crippen LogP contribution in [0.25, 0.3) is 0 Å². The van der Waals surface area contributed by atoms with Crippen molar-refractivity contribution in [2.24, 2.45) is 5.92 Å². The Morgan fingerprint density at radius 3 is 2.81 bits per heavy atom. The van der Waals surface area contributed by atoms with Gasteiger partial charge in [0.05, 0.1) is 11.7 Å². The van der Waals surface area contributed by atoms with E-state index in [1.54, 1.807) is 0 Å². The summed E-state index contributed by atoms with van der Waals surface area (Å²) in [5, 5.41) is 10.8. The van der Waals surface area contributed by atoms with Gasteiger partial charge in [-0.25, -0.2) is 0 Å². The van der Waals surface area contributed by atoms with Gasteiger partial charge in [-0.1, -0.05) is 34.1 Å². The zero-order valence-electron chi connectivity index (χ0n) is 12.5. The highest BCUT2D eigenvalue weighted by Crippen LogP contribution is 2.43. The molecule has 0 bridgehead atoms. The third-order valence-electron chi connectivity index (χ3n) is 4.92. The second-order valence-electron chi connectivity index (χ2n) is 6.32. The monoisotopic (exact) mass is 354 g/mol. The second-order valence-corrected chi connectivity index (χ2v) is 7.11. The minimum absolute atomic E-state index is 0.0710. The molecule has 4 heteroatoms. The SMILES string of the molecule is Cc1cccc(C(O)C2CCOC3(CCOCC3)C2)c1Br.